The van der Waals surface area contributed by atoms with Crippen molar-refractivity contribution >= 4 is 17.4 Å². The van der Waals surface area contributed by atoms with E-state index >= 15 is 0 Å². The minimum Gasteiger partial charge on any atom is -0.489 e. The highest BCUT2D eigenvalue weighted by Gasteiger charge is 2.02. The number of nitrogens with one attached hydrogen (secondary N) is 1. The molecule has 94 valence electrons. The van der Waals surface area contributed by atoms with E-state index in [0.29, 0.717) is 12.4 Å². The second kappa shape index (κ2) is 5.69. The molecule has 0 radical (unpaired) electrons. The minimum atomic E-state index is -0.488. The predicted molar refractivity (Wildman–Crippen MR) is 69.5 cm³/mol. The summed E-state index contributed by atoms with van der Waals surface area (Å²) in [4.78, 5) is 4.15. The molecule has 5 heteroatoms. The SMILES string of the molecule is CNc1ccc(COc2ccc(Cl)c(F)c2)cn1. The maximum absolute atomic E-state index is 13.2. The Morgan fingerprint density at radius 2 is 2.17 bits per heavy atom. The van der Waals surface area contributed by atoms with Gasteiger partial charge in [-0.2, -0.15) is 0 Å². The van der Waals surface area contributed by atoms with Crippen LogP contribution >= 0.6 is 11.6 Å². The number of rotatable bonds is 4. The van der Waals surface area contributed by atoms with Crippen molar-refractivity contribution in [3.8, 4) is 5.75 Å². The molecule has 0 aliphatic heterocycles. The number of hydrogen-bond donors (Lipinski definition) is 1. The standard InChI is InChI=1S/C13H12ClFN2O/c1-16-13-5-2-9(7-17-13)8-18-10-3-4-11(14)12(15)6-10/h2-7H,8H2,1H3,(H,16,17). The maximum atomic E-state index is 13.2. The predicted octanol–water partition coefficient (Wildman–Crippen LogP) is 3.49. The molecule has 0 fully saturated rings. The summed E-state index contributed by atoms with van der Waals surface area (Å²) in [7, 11) is 1.80. The first-order valence-corrected chi connectivity index (χ1v) is 5.77. The van der Waals surface area contributed by atoms with Gasteiger partial charge in [0.1, 0.15) is 24.0 Å². The van der Waals surface area contributed by atoms with Crippen LogP contribution in [0.2, 0.25) is 5.02 Å². The summed E-state index contributed by atoms with van der Waals surface area (Å²) in [5.74, 6) is 0.740. The monoisotopic (exact) mass is 266 g/mol. The molecule has 1 aromatic heterocycles. The lowest BCUT2D eigenvalue weighted by Gasteiger charge is -2.07. The molecule has 0 bridgehead atoms. The number of anilines is 1. The number of pyridine rings is 1. The molecule has 0 saturated heterocycles. The molecular weight excluding hydrogens is 255 g/mol. The van der Waals surface area contributed by atoms with Gasteiger partial charge in [0.15, 0.2) is 0 Å². The van der Waals surface area contributed by atoms with E-state index in [-0.39, 0.29) is 5.02 Å². The third-order valence-corrected chi connectivity index (χ3v) is 2.68. The molecule has 3 nitrogen and oxygen atoms in total. The molecule has 0 saturated carbocycles. The van der Waals surface area contributed by atoms with Crippen LogP contribution in [-0.4, -0.2) is 12.0 Å². The zero-order chi connectivity index (χ0) is 13.0. The lowest BCUT2D eigenvalue weighted by Crippen LogP contribution is -1.98. The molecule has 0 amide bonds. The van der Waals surface area contributed by atoms with Gasteiger partial charge < -0.3 is 10.1 Å². The van der Waals surface area contributed by atoms with E-state index in [2.05, 4.69) is 10.3 Å². The second-order valence-electron chi connectivity index (χ2n) is 3.67. The van der Waals surface area contributed by atoms with Gasteiger partial charge >= 0.3 is 0 Å². The largest absolute Gasteiger partial charge is 0.489 e. The zero-order valence-corrected chi connectivity index (χ0v) is 10.5. The van der Waals surface area contributed by atoms with Gasteiger partial charge in [-0.1, -0.05) is 17.7 Å². The summed E-state index contributed by atoms with van der Waals surface area (Å²) >= 11 is 5.58. The summed E-state index contributed by atoms with van der Waals surface area (Å²) in [6.07, 6.45) is 1.71. The van der Waals surface area contributed by atoms with Gasteiger partial charge in [0.25, 0.3) is 0 Å². The number of ether oxygens (including phenoxy) is 1. The summed E-state index contributed by atoms with van der Waals surface area (Å²) < 4.78 is 18.6. The Kier molecular flexibility index (Phi) is 3.99. The summed E-state index contributed by atoms with van der Waals surface area (Å²) in [6, 6.07) is 8.10. The lowest BCUT2D eigenvalue weighted by molar-refractivity contribution is 0.304. The van der Waals surface area contributed by atoms with Crippen LogP contribution in [0.25, 0.3) is 0 Å². The highest BCUT2D eigenvalue weighted by atomic mass is 35.5. The van der Waals surface area contributed by atoms with Gasteiger partial charge in [-0.25, -0.2) is 9.37 Å². The number of aromatic nitrogens is 1. The number of hydrogen-bond acceptors (Lipinski definition) is 3. The van der Waals surface area contributed by atoms with E-state index < -0.39 is 5.82 Å². The number of benzene rings is 1. The fraction of sp³-hybridized carbons (Fsp3) is 0.154. The van der Waals surface area contributed by atoms with E-state index in [0.717, 1.165) is 11.4 Å². The average molecular weight is 267 g/mol. The van der Waals surface area contributed by atoms with Gasteiger partial charge in [-0.05, 0) is 18.2 Å². The number of nitrogens with zero attached hydrogens (tertiary/aromatic N) is 1. The third-order valence-electron chi connectivity index (χ3n) is 2.38. The van der Waals surface area contributed by atoms with E-state index in [1.54, 1.807) is 19.3 Å². The average Bonchev–Trinajstić information content (AvgIpc) is 2.41. The van der Waals surface area contributed by atoms with Crippen LogP contribution in [0.5, 0.6) is 5.75 Å². The topological polar surface area (TPSA) is 34.1 Å². The molecule has 0 unspecified atom stereocenters. The van der Waals surface area contributed by atoms with Crippen molar-refractivity contribution < 1.29 is 9.13 Å². The Bertz CT molecular complexity index is 531. The molecule has 2 aromatic rings. The quantitative estimate of drug-likeness (QED) is 0.920. The Balaban J connectivity index is 1.99. The van der Waals surface area contributed by atoms with E-state index in [9.17, 15) is 4.39 Å². The first-order chi connectivity index (χ1) is 8.69. The van der Waals surface area contributed by atoms with Crippen LogP contribution in [-0.2, 0) is 6.61 Å². The van der Waals surface area contributed by atoms with Crippen molar-refractivity contribution in [2.75, 3.05) is 12.4 Å². The van der Waals surface area contributed by atoms with E-state index in [4.69, 9.17) is 16.3 Å². The van der Waals surface area contributed by atoms with Crippen LogP contribution < -0.4 is 10.1 Å². The van der Waals surface area contributed by atoms with Crippen LogP contribution in [0.15, 0.2) is 36.5 Å². The molecule has 0 spiro atoms. The zero-order valence-electron chi connectivity index (χ0n) is 9.78. The van der Waals surface area contributed by atoms with Crippen molar-refractivity contribution in [3.05, 3.63) is 52.9 Å². The van der Waals surface area contributed by atoms with Crippen molar-refractivity contribution in [2.24, 2.45) is 0 Å². The second-order valence-corrected chi connectivity index (χ2v) is 4.07. The van der Waals surface area contributed by atoms with Crippen molar-refractivity contribution in [1.29, 1.82) is 0 Å². The van der Waals surface area contributed by atoms with E-state index in [1.807, 2.05) is 12.1 Å². The fourth-order valence-corrected chi connectivity index (χ4v) is 1.51. The summed E-state index contributed by atoms with van der Waals surface area (Å²) in [5.41, 5.74) is 0.907. The Hall–Kier alpha value is -1.81. The Morgan fingerprint density at radius 1 is 1.33 bits per heavy atom. The van der Waals surface area contributed by atoms with Gasteiger partial charge in [0.05, 0.1) is 5.02 Å². The van der Waals surface area contributed by atoms with Gasteiger partial charge in [-0.15, -0.1) is 0 Å². The van der Waals surface area contributed by atoms with Crippen LogP contribution in [0, 0.1) is 5.82 Å². The van der Waals surface area contributed by atoms with Gasteiger partial charge in [0.2, 0.25) is 0 Å². The third kappa shape index (κ3) is 3.11. The van der Waals surface area contributed by atoms with Crippen molar-refractivity contribution in [2.45, 2.75) is 6.61 Å². The molecule has 1 N–H and O–H groups in total. The minimum absolute atomic E-state index is 0.0855. The molecule has 2 rings (SSSR count). The molecule has 1 heterocycles. The molecule has 0 aliphatic rings. The summed E-state index contributed by atoms with van der Waals surface area (Å²) in [5, 5.41) is 3.01. The van der Waals surface area contributed by atoms with Crippen LogP contribution in [0.3, 0.4) is 0 Å². The molecule has 0 atom stereocenters. The van der Waals surface area contributed by atoms with Crippen molar-refractivity contribution in [3.63, 3.8) is 0 Å². The van der Waals surface area contributed by atoms with Crippen molar-refractivity contribution in [1.82, 2.24) is 4.98 Å². The molecule has 18 heavy (non-hydrogen) atoms. The van der Waals surface area contributed by atoms with Gasteiger partial charge in [0, 0.05) is 24.9 Å². The lowest BCUT2D eigenvalue weighted by atomic mass is 10.3. The maximum Gasteiger partial charge on any atom is 0.145 e. The highest BCUT2D eigenvalue weighted by molar-refractivity contribution is 6.30. The smallest absolute Gasteiger partial charge is 0.145 e. The first kappa shape index (κ1) is 12.6. The molecule has 1 aromatic carbocycles. The van der Waals surface area contributed by atoms with Crippen LogP contribution in [0.4, 0.5) is 10.2 Å². The molecule has 0 aliphatic carbocycles. The van der Waals surface area contributed by atoms with Gasteiger partial charge in [-0.3, -0.25) is 0 Å². The normalized spacial score (nSPS) is 10.2. The number of halogens is 2. The van der Waals surface area contributed by atoms with Crippen LogP contribution in [0.1, 0.15) is 5.56 Å². The van der Waals surface area contributed by atoms with E-state index in [1.165, 1.54) is 12.1 Å². The Labute approximate surface area is 110 Å². The first-order valence-electron chi connectivity index (χ1n) is 5.39. The fourth-order valence-electron chi connectivity index (χ4n) is 1.39. The highest BCUT2D eigenvalue weighted by Crippen LogP contribution is 2.21. The Morgan fingerprint density at radius 3 is 2.78 bits per heavy atom. The summed E-state index contributed by atoms with van der Waals surface area (Å²) in [6.45, 7) is 0.331. The molecular formula is C13H12ClFN2O.